The van der Waals surface area contributed by atoms with Crippen LogP contribution in [0.3, 0.4) is 0 Å². The van der Waals surface area contributed by atoms with E-state index >= 15 is 0 Å². The van der Waals surface area contributed by atoms with Gasteiger partial charge < -0.3 is 5.73 Å². The molecule has 1 aromatic heterocycles. The Bertz CT molecular complexity index is 642. The van der Waals surface area contributed by atoms with Crippen molar-refractivity contribution in [3.05, 3.63) is 46.0 Å². The molecule has 0 fully saturated rings. The van der Waals surface area contributed by atoms with Crippen molar-refractivity contribution in [1.82, 2.24) is 14.8 Å². The van der Waals surface area contributed by atoms with Gasteiger partial charge >= 0.3 is 0 Å². The first-order valence-electron chi connectivity index (χ1n) is 4.93. The lowest BCUT2D eigenvalue weighted by Crippen LogP contribution is -2.06. The van der Waals surface area contributed by atoms with E-state index in [4.69, 9.17) is 11.0 Å². The summed E-state index contributed by atoms with van der Waals surface area (Å²) < 4.78 is 1.40. The zero-order chi connectivity index (χ0) is 13.1. The van der Waals surface area contributed by atoms with Crippen molar-refractivity contribution in [2.75, 3.05) is 5.73 Å². The lowest BCUT2D eigenvalue weighted by Gasteiger charge is -2.05. The molecule has 0 aliphatic carbocycles. The predicted molar refractivity (Wildman–Crippen MR) is 61.3 cm³/mol. The number of nitro benzene ring substituents is 1. The van der Waals surface area contributed by atoms with Crippen LogP contribution < -0.4 is 5.73 Å². The second-order valence-electron chi connectivity index (χ2n) is 3.48. The number of nitriles is 1. The highest BCUT2D eigenvalue weighted by Gasteiger charge is 2.14. The van der Waals surface area contributed by atoms with Crippen LogP contribution in [0.15, 0.2) is 24.5 Å². The fraction of sp³-hybridized carbons (Fsp3) is 0.100. The molecule has 0 spiro atoms. The lowest BCUT2D eigenvalue weighted by molar-refractivity contribution is -0.383. The molecule has 0 aliphatic heterocycles. The Morgan fingerprint density at radius 1 is 1.56 bits per heavy atom. The third kappa shape index (κ3) is 2.10. The topological polar surface area (TPSA) is 124 Å². The summed E-state index contributed by atoms with van der Waals surface area (Å²) in [5.74, 6) is 0.0407. The van der Waals surface area contributed by atoms with Crippen LogP contribution in [-0.2, 0) is 6.54 Å². The van der Waals surface area contributed by atoms with Crippen LogP contribution in [0.2, 0.25) is 0 Å². The Morgan fingerprint density at radius 3 is 2.94 bits per heavy atom. The van der Waals surface area contributed by atoms with Crippen molar-refractivity contribution >= 4 is 11.4 Å². The summed E-state index contributed by atoms with van der Waals surface area (Å²) >= 11 is 0. The van der Waals surface area contributed by atoms with Gasteiger partial charge in [0.15, 0.2) is 0 Å². The molecule has 1 heterocycles. The van der Waals surface area contributed by atoms with Crippen molar-refractivity contribution in [3.63, 3.8) is 0 Å². The number of nitro groups is 1. The number of hydrogen-bond acceptors (Lipinski definition) is 6. The minimum atomic E-state index is -0.541. The molecule has 2 aromatic rings. The van der Waals surface area contributed by atoms with Gasteiger partial charge in [0.05, 0.1) is 11.5 Å². The molecule has 0 aliphatic rings. The van der Waals surface area contributed by atoms with Crippen LogP contribution in [-0.4, -0.2) is 19.7 Å². The molecule has 0 atom stereocenters. The summed E-state index contributed by atoms with van der Waals surface area (Å²) in [4.78, 5) is 13.9. The van der Waals surface area contributed by atoms with E-state index in [1.165, 1.54) is 17.1 Å². The number of aromatic nitrogens is 3. The van der Waals surface area contributed by atoms with Crippen LogP contribution in [0.25, 0.3) is 0 Å². The average molecular weight is 244 g/mol. The van der Waals surface area contributed by atoms with Crippen LogP contribution in [0.1, 0.15) is 11.4 Å². The molecule has 0 radical (unpaired) electrons. The first-order valence-corrected chi connectivity index (χ1v) is 4.93. The van der Waals surface area contributed by atoms with Crippen molar-refractivity contribution in [1.29, 1.82) is 5.26 Å². The molecule has 8 heteroatoms. The Balaban J connectivity index is 2.32. The minimum absolute atomic E-state index is 0.0407. The molecule has 90 valence electrons. The van der Waals surface area contributed by atoms with Crippen molar-refractivity contribution in [3.8, 4) is 6.07 Å². The highest BCUT2D eigenvalue weighted by atomic mass is 16.6. The number of nitrogens with two attached hydrogens (primary N) is 1. The third-order valence-electron chi connectivity index (χ3n) is 2.34. The molecule has 18 heavy (non-hydrogen) atoms. The Kier molecular flexibility index (Phi) is 2.89. The van der Waals surface area contributed by atoms with Crippen LogP contribution in [0.5, 0.6) is 0 Å². The number of hydrogen-bond donors (Lipinski definition) is 1. The Labute approximate surface area is 101 Å². The van der Waals surface area contributed by atoms with Crippen molar-refractivity contribution < 1.29 is 4.92 Å². The number of rotatable bonds is 3. The van der Waals surface area contributed by atoms with E-state index in [9.17, 15) is 10.1 Å². The largest absolute Gasteiger partial charge is 0.393 e. The van der Waals surface area contributed by atoms with E-state index in [0.717, 1.165) is 0 Å². The van der Waals surface area contributed by atoms with E-state index in [1.54, 1.807) is 18.2 Å². The number of nitrogens with zero attached hydrogens (tertiary/aromatic N) is 5. The average Bonchev–Trinajstić information content (AvgIpc) is 2.79. The van der Waals surface area contributed by atoms with Crippen LogP contribution in [0.4, 0.5) is 11.4 Å². The molecule has 2 N–H and O–H groups in total. The maximum atomic E-state index is 10.7. The number of anilines is 1. The van der Waals surface area contributed by atoms with Crippen LogP contribution >= 0.6 is 0 Å². The normalized spacial score (nSPS) is 9.94. The van der Waals surface area contributed by atoms with E-state index in [0.29, 0.717) is 5.56 Å². The minimum Gasteiger partial charge on any atom is -0.393 e. The number of para-hydroxylation sites is 1. The van der Waals surface area contributed by atoms with Crippen molar-refractivity contribution in [2.24, 2.45) is 0 Å². The van der Waals surface area contributed by atoms with E-state index < -0.39 is 4.92 Å². The summed E-state index contributed by atoms with van der Waals surface area (Å²) in [6.07, 6.45) is 1.37. The maximum Gasteiger partial charge on any atom is 0.292 e. The summed E-state index contributed by atoms with van der Waals surface area (Å²) in [6.45, 7) is 0.224. The van der Waals surface area contributed by atoms with E-state index in [1.807, 2.05) is 0 Å². The zero-order valence-electron chi connectivity index (χ0n) is 9.15. The smallest absolute Gasteiger partial charge is 0.292 e. The van der Waals surface area contributed by atoms with E-state index in [2.05, 4.69) is 10.1 Å². The number of benzene rings is 1. The van der Waals surface area contributed by atoms with Gasteiger partial charge in [-0.05, 0) is 0 Å². The molecule has 1 aromatic carbocycles. The molecule has 8 nitrogen and oxygen atoms in total. The zero-order valence-corrected chi connectivity index (χ0v) is 9.15. The second kappa shape index (κ2) is 4.50. The Morgan fingerprint density at radius 2 is 2.33 bits per heavy atom. The molecular formula is C10H8N6O2. The first kappa shape index (κ1) is 11.5. The summed E-state index contributed by atoms with van der Waals surface area (Å²) in [6, 6.07) is 6.34. The van der Waals surface area contributed by atoms with Gasteiger partial charge in [-0.2, -0.15) is 5.26 Å². The molecule has 0 saturated carbocycles. The first-order chi connectivity index (χ1) is 8.61. The SMILES string of the molecule is N#Cc1ncn(Cc2cccc([N+](=O)[O-])c2N)n1. The van der Waals surface area contributed by atoms with Gasteiger partial charge in [0.2, 0.25) is 0 Å². The molecular weight excluding hydrogens is 236 g/mol. The van der Waals surface area contributed by atoms with Gasteiger partial charge in [-0.15, -0.1) is 5.10 Å². The van der Waals surface area contributed by atoms with Gasteiger partial charge in [-0.1, -0.05) is 12.1 Å². The quantitative estimate of drug-likeness (QED) is 0.481. The highest BCUT2D eigenvalue weighted by Crippen LogP contribution is 2.25. The molecule has 0 unspecified atom stereocenters. The lowest BCUT2D eigenvalue weighted by atomic mass is 10.1. The van der Waals surface area contributed by atoms with Gasteiger partial charge in [-0.25, -0.2) is 9.67 Å². The molecule has 0 saturated heterocycles. The standard InChI is InChI=1S/C10H8N6O2/c11-4-9-13-6-15(14-9)5-7-2-1-3-8(10(7)12)16(17)18/h1-3,6H,5,12H2. The highest BCUT2D eigenvalue weighted by molar-refractivity contribution is 5.62. The summed E-state index contributed by atoms with van der Waals surface area (Å²) in [7, 11) is 0. The molecule has 0 amide bonds. The number of nitrogen functional groups attached to an aromatic ring is 1. The van der Waals surface area contributed by atoms with Gasteiger partial charge in [0.25, 0.3) is 11.5 Å². The molecule has 2 rings (SSSR count). The van der Waals surface area contributed by atoms with E-state index in [-0.39, 0.29) is 23.7 Å². The van der Waals surface area contributed by atoms with Gasteiger partial charge in [0, 0.05) is 11.6 Å². The summed E-state index contributed by atoms with van der Waals surface area (Å²) in [5.41, 5.74) is 6.21. The summed E-state index contributed by atoms with van der Waals surface area (Å²) in [5, 5.41) is 23.2. The molecule has 0 bridgehead atoms. The fourth-order valence-corrected chi connectivity index (χ4v) is 1.49. The van der Waals surface area contributed by atoms with Crippen molar-refractivity contribution in [2.45, 2.75) is 6.54 Å². The fourth-order valence-electron chi connectivity index (χ4n) is 1.49. The predicted octanol–water partition coefficient (Wildman–Crippen LogP) is 0.688. The third-order valence-corrected chi connectivity index (χ3v) is 2.34. The van der Waals surface area contributed by atoms with Crippen LogP contribution in [0, 0.1) is 21.4 Å². The van der Waals surface area contributed by atoms with Gasteiger partial charge in [0.1, 0.15) is 18.1 Å². The van der Waals surface area contributed by atoms with Gasteiger partial charge in [-0.3, -0.25) is 10.1 Å². The monoisotopic (exact) mass is 244 g/mol. The maximum absolute atomic E-state index is 10.7. The Hall–Kier alpha value is -2.95. The second-order valence-corrected chi connectivity index (χ2v) is 3.48.